The Labute approximate surface area is 168 Å². The van der Waals surface area contributed by atoms with Crippen molar-refractivity contribution in [3.8, 4) is 5.75 Å². The lowest BCUT2D eigenvalue weighted by Gasteiger charge is -2.25. The minimum Gasteiger partial charge on any atom is -0.467 e. The fraction of sp³-hybridized carbons (Fsp3) is 0.143. The molecule has 1 N–H and O–H groups in total. The van der Waals surface area contributed by atoms with Gasteiger partial charge in [-0.1, -0.05) is 50.1 Å². The molecule has 0 radical (unpaired) electrons. The van der Waals surface area contributed by atoms with Crippen LogP contribution < -0.4 is 4.74 Å². The summed E-state index contributed by atoms with van der Waals surface area (Å²) in [6.45, 7) is 1.75. The van der Waals surface area contributed by atoms with E-state index < -0.39 is 12.3 Å². The first-order valence-corrected chi connectivity index (χ1v) is 9.91. The Hall–Kier alpha value is -1.82. The number of hydrogen-bond acceptors (Lipinski definition) is 2. The first kappa shape index (κ1) is 17.6. The average molecular weight is 475 g/mol. The van der Waals surface area contributed by atoms with E-state index in [0.717, 1.165) is 36.5 Å². The lowest BCUT2D eigenvalue weighted by molar-refractivity contribution is 0.00672. The molecule has 0 saturated carbocycles. The van der Waals surface area contributed by atoms with Crippen LogP contribution in [0.5, 0.6) is 5.75 Å². The maximum absolute atomic E-state index is 10.5. The third kappa shape index (κ3) is 3.15. The van der Waals surface area contributed by atoms with E-state index in [-0.39, 0.29) is 0 Å². The van der Waals surface area contributed by atoms with Crippen molar-refractivity contribution in [1.82, 2.24) is 4.57 Å². The summed E-state index contributed by atoms with van der Waals surface area (Å²) in [6.07, 6.45) is -1.24. The van der Waals surface area contributed by atoms with Crippen molar-refractivity contribution in [3.05, 3.63) is 75.7 Å². The molecule has 4 rings (SSSR count). The maximum Gasteiger partial charge on any atom is 0.202 e. The number of para-hydroxylation sites is 1. The average Bonchev–Trinajstić information content (AvgIpc) is 2.93. The number of aromatic nitrogens is 1. The van der Waals surface area contributed by atoms with Gasteiger partial charge in [0.1, 0.15) is 11.9 Å². The zero-order valence-electron chi connectivity index (χ0n) is 14.1. The van der Waals surface area contributed by atoms with E-state index in [2.05, 4.69) is 60.7 Å². The fourth-order valence-corrected chi connectivity index (χ4v) is 4.00. The van der Waals surface area contributed by atoms with Gasteiger partial charge in [0.25, 0.3) is 0 Å². The molecule has 0 saturated heterocycles. The van der Waals surface area contributed by atoms with E-state index in [9.17, 15) is 5.11 Å². The third-order valence-electron chi connectivity index (χ3n) is 4.39. The summed E-state index contributed by atoms with van der Waals surface area (Å²) >= 11 is 7.13. The summed E-state index contributed by atoms with van der Waals surface area (Å²) in [7, 11) is 0. The standard InChI is InChI=1S/C21H17Br2NO2/c1-13(25)21(26-16-5-3-2-4-6-16)24-19-9-7-14(22)11-17(19)18-12-15(23)8-10-20(18)24/h2-13,21,25H,1H3. The van der Waals surface area contributed by atoms with Gasteiger partial charge in [-0.2, -0.15) is 0 Å². The number of rotatable bonds is 4. The number of halogens is 2. The Morgan fingerprint density at radius 1 is 0.846 bits per heavy atom. The second-order valence-corrected chi connectivity index (χ2v) is 8.09. The van der Waals surface area contributed by atoms with E-state index in [4.69, 9.17) is 4.74 Å². The predicted molar refractivity (Wildman–Crippen MR) is 113 cm³/mol. The third-order valence-corrected chi connectivity index (χ3v) is 5.38. The Morgan fingerprint density at radius 2 is 1.38 bits per heavy atom. The molecule has 0 aliphatic rings. The molecule has 0 fully saturated rings. The molecule has 0 bridgehead atoms. The molecule has 3 aromatic carbocycles. The molecule has 1 aromatic heterocycles. The summed E-state index contributed by atoms with van der Waals surface area (Å²) in [4.78, 5) is 0. The minimum absolute atomic E-state index is 0.542. The molecular formula is C21H17Br2NO2. The van der Waals surface area contributed by atoms with Crippen LogP contribution in [0.25, 0.3) is 21.8 Å². The Balaban J connectivity index is 1.97. The zero-order valence-corrected chi connectivity index (χ0v) is 17.2. The quantitative estimate of drug-likeness (QED) is 0.377. The van der Waals surface area contributed by atoms with Crippen molar-refractivity contribution in [1.29, 1.82) is 0 Å². The molecule has 132 valence electrons. The second-order valence-electron chi connectivity index (χ2n) is 6.26. The molecule has 26 heavy (non-hydrogen) atoms. The molecule has 0 aliphatic heterocycles. The van der Waals surface area contributed by atoms with Crippen LogP contribution in [0.1, 0.15) is 13.2 Å². The molecule has 0 aliphatic carbocycles. The number of fused-ring (bicyclic) bond motifs is 3. The van der Waals surface area contributed by atoms with Crippen molar-refractivity contribution in [2.45, 2.75) is 19.3 Å². The zero-order chi connectivity index (χ0) is 18.3. The molecular weight excluding hydrogens is 458 g/mol. The molecule has 0 spiro atoms. The molecule has 2 atom stereocenters. The normalized spacial score (nSPS) is 13.8. The summed E-state index contributed by atoms with van der Waals surface area (Å²) in [5.74, 6) is 0.725. The van der Waals surface area contributed by atoms with Gasteiger partial charge in [0.15, 0.2) is 0 Å². The largest absolute Gasteiger partial charge is 0.467 e. The maximum atomic E-state index is 10.5. The number of hydrogen-bond donors (Lipinski definition) is 1. The summed E-state index contributed by atoms with van der Waals surface area (Å²) in [6, 6.07) is 21.9. The molecule has 0 amide bonds. The highest BCUT2D eigenvalue weighted by Gasteiger charge is 2.24. The Morgan fingerprint density at radius 3 is 1.88 bits per heavy atom. The van der Waals surface area contributed by atoms with Gasteiger partial charge in [0.05, 0.1) is 11.0 Å². The predicted octanol–water partition coefficient (Wildman–Crippen LogP) is 6.28. The van der Waals surface area contributed by atoms with Crippen LogP contribution in [-0.4, -0.2) is 15.8 Å². The van der Waals surface area contributed by atoms with E-state index in [1.54, 1.807) is 6.92 Å². The first-order valence-electron chi connectivity index (χ1n) is 8.33. The van der Waals surface area contributed by atoms with Crippen molar-refractivity contribution in [2.75, 3.05) is 0 Å². The molecule has 1 heterocycles. The number of ether oxygens (including phenoxy) is 1. The topological polar surface area (TPSA) is 34.4 Å². The van der Waals surface area contributed by atoms with Crippen LogP contribution in [0, 0.1) is 0 Å². The van der Waals surface area contributed by atoms with E-state index in [1.807, 2.05) is 42.5 Å². The number of aliphatic hydroxyl groups is 1. The van der Waals surface area contributed by atoms with Crippen molar-refractivity contribution in [3.63, 3.8) is 0 Å². The van der Waals surface area contributed by atoms with Crippen LogP contribution in [0.4, 0.5) is 0 Å². The molecule has 5 heteroatoms. The molecule has 3 nitrogen and oxygen atoms in total. The van der Waals surface area contributed by atoms with Crippen LogP contribution >= 0.6 is 31.9 Å². The highest BCUT2D eigenvalue weighted by atomic mass is 79.9. The molecule has 2 unspecified atom stereocenters. The lowest BCUT2D eigenvalue weighted by atomic mass is 10.2. The van der Waals surface area contributed by atoms with Crippen LogP contribution in [-0.2, 0) is 0 Å². The summed E-state index contributed by atoms with van der Waals surface area (Å²) < 4.78 is 10.3. The van der Waals surface area contributed by atoms with Crippen molar-refractivity contribution < 1.29 is 9.84 Å². The smallest absolute Gasteiger partial charge is 0.202 e. The number of benzene rings is 3. The highest BCUT2D eigenvalue weighted by molar-refractivity contribution is 9.10. The monoisotopic (exact) mass is 473 g/mol. The number of nitrogens with zero attached hydrogens (tertiary/aromatic N) is 1. The second kappa shape index (κ2) is 7.06. The first-order chi connectivity index (χ1) is 12.5. The minimum atomic E-state index is -0.693. The van der Waals surface area contributed by atoms with Crippen LogP contribution in [0.3, 0.4) is 0 Å². The van der Waals surface area contributed by atoms with E-state index >= 15 is 0 Å². The highest BCUT2D eigenvalue weighted by Crippen LogP contribution is 2.36. The Bertz CT molecular complexity index is 1010. The lowest BCUT2D eigenvalue weighted by Crippen LogP contribution is -2.26. The van der Waals surface area contributed by atoms with Gasteiger partial charge in [-0.15, -0.1) is 0 Å². The SMILES string of the molecule is CC(O)C(Oc1ccccc1)n1c2ccc(Br)cc2c2cc(Br)ccc21. The van der Waals surface area contributed by atoms with Gasteiger partial charge >= 0.3 is 0 Å². The number of aliphatic hydroxyl groups excluding tert-OH is 1. The summed E-state index contributed by atoms with van der Waals surface area (Å²) in [5, 5.41) is 12.7. The molecule has 4 aromatic rings. The van der Waals surface area contributed by atoms with Crippen molar-refractivity contribution >= 4 is 53.7 Å². The van der Waals surface area contributed by atoms with Crippen molar-refractivity contribution in [2.24, 2.45) is 0 Å². The van der Waals surface area contributed by atoms with Crippen LogP contribution in [0.15, 0.2) is 75.7 Å². The van der Waals surface area contributed by atoms with Gasteiger partial charge in [0.2, 0.25) is 6.23 Å². The van der Waals surface area contributed by atoms with Gasteiger partial charge in [-0.3, -0.25) is 0 Å². The summed E-state index contributed by atoms with van der Waals surface area (Å²) in [5.41, 5.74) is 2.03. The van der Waals surface area contributed by atoms with Crippen LogP contribution in [0.2, 0.25) is 0 Å². The van der Waals surface area contributed by atoms with Gasteiger partial charge < -0.3 is 14.4 Å². The van der Waals surface area contributed by atoms with Gasteiger partial charge in [-0.05, 0) is 55.5 Å². The van der Waals surface area contributed by atoms with Gasteiger partial charge in [0, 0.05) is 19.7 Å². The Kier molecular flexibility index (Phi) is 4.78. The fourth-order valence-electron chi connectivity index (χ4n) is 3.28. The van der Waals surface area contributed by atoms with E-state index in [0.29, 0.717) is 0 Å². The van der Waals surface area contributed by atoms with Gasteiger partial charge in [-0.25, -0.2) is 0 Å². The van der Waals surface area contributed by atoms with E-state index in [1.165, 1.54) is 0 Å².